The van der Waals surface area contributed by atoms with E-state index in [9.17, 15) is 4.79 Å². The van der Waals surface area contributed by atoms with Crippen LogP contribution in [-0.2, 0) is 11.3 Å². The van der Waals surface area contributed by atoms with Crippen molar-refractivity contribution in [2.75, 3.05) is 6.54 Å². The number of carbonyl (C=O) groups excluding carboxylic acids is 1. The highest BCUT2D eigenvalue weighted by molar-refractivity contribution is 5.76. The Labute approximate surface area is 116 Å². The molecule has 104 valence electrons. The van der Waals surface area contributed by atoms with E-state index in [1.807, 2.05) is 0 Å². The summed E-state index contributed by atoms with van der Waals surface area (Å²) in [6.07, 6.45) is 4.41. The first-order valence-corrected chi connectivity index (χ1v) is 7.36. The molecule has 0 radical (unpaired) electrons. The van der Waals surface area contributed by atoms with Crippen LogP contribution in [0.1, 0.15) is 49.3 Å². The lowest BCUT2D eigenvalue weighted by molar-refractivity contribution is -0.118. The highest BCUT2D eigenvalue weighted by Crippen LogP contribution is 2.23. The van der Waals surface area contributed by atoms with Crippen molar-refractivity contribution in [3.05, 3.63) is 34.9 Å². The van der Waals surface area contributed by atoms with Crippen LogP contribution >= 0.6 is 0 Å². The second kappa shape index (κ2) is 6.33. The van der Waals surface area contributed by atoms with Crippen LogP contribution < -0.4 is 0 Å². The molecule has 0 amide bonds. The van der Waals surface area contributed by atoms with E-state index < -0.39 is 0 Å². The molecule has 2 nitrogen and oxygen atoms in total. The van der Waals surface area contributed by atoms with Crippen LogP contribution in [0.25, 0.3) is 0 Å². The third-order valence-electron chi connectivity index (χ3n) is 4.23. The fourth-order valence-electron chi connectivity index (χ4n) is 2.97. The summed E-state index contributed by atoms with van der Waals surface area (Å²) in [7, 11) is 0. The topological polar surface area (TPSA) is 20.3 Å². The summed E-state index contributed by atoms with van der Waals surface area (Å²) in [5, 5.41) is 0. The molecule has 19 heavy (non-hydrogen) atoms. The molecular formula is C17H25NO. The summed E-state index contributed by atoms with van der Waals surface area (Å²) in [4.78, 5) is 13.9. The van der Waals surface area contributed by atoms with Gasteiger partial charge in [-0.15, -0.1) is 0 Å². The summed E-state index contributed by atoms with van der Waals surface area (Å²) in [6.45, 7) is 8.15. The lowest BCUT2D eigenvalue weighted by atomic mass is 9.96. The van der Waals surface area contributed by atoms with Crippen LogP contribution in [0.2, 0.25) is 0 Å². The first kappa shape index (κ1) is 14.3. The molecule has 0 bridgehead atoms. The molecule has 1 saturated heterocycles. The maximum absolute atomic E-state index is 11.4. The predicted molar refractivity (Wildman–Crippen MR) is 79.3 cm³/mol. The Morgan fingerprint density at radius 2 is 2.05 bits per heavy atom. The average molecular weight is 259 g/mol. The Morgan fingerprint density at radius 1 is 1.26 bits per heavy atom. The van der Waals surface area contributed by atoms with Crippen molar-refractivity contribution in [2.24, 2.45) is 0 Å². The number of hydrogen-bond acceptors (Lipinski definition) is 2. The molecule has 1 aliphatic heterocycles. The Balaban J connectivity index is 2.06. The Hall–Kier alpha value is -1.15. The van der Waals surface area contributed by atoms with Gasteiger partial charge < -0.3 is 0 Å². The molecule has 1 heterocycles. The number of aryl methyl sites for hydroxylation is 2. The van der Waals surface area contributed by atoms with Crippen LogP contribution in [0.15, 0.2) is 18.2 Å². The molecule has 2 heteroatoms. The third-order valence-corrected chi connectivity index (χ3v) is 4.23. The number of carbonyl (C=O) groups is 1. The van der Waals surface area contributed by atoms with E-state index >= 15 is 0 Å². The minimum atomic E-state index is 0.317. The van der Waals surface area contributed by atoms with Gasteiger partial charge in [0.15, 0.2) is 0 Å². The zero-order valence-electron chi connectivity index (χ0n) is 12.4. The Bertz CT molecular complexity index is 453. The molecule has 0 aliphatic carbocycles. The van der Waals surface area contributed by atoms with E-state index in [1.54, 1.807) is 6.92 Å². The molecule has 1 aromatic rings. The maximum atomic E-state index is 11.4. The zero-order valence-corrected chi connectivity index (χ0v) is 12.4. The monoisotopic (exact) mass is 259 g/mol. The van der Waals surface area contributed by atoms with Crippen molar-refractivity contribution in [3.63, 3.8) is 0 Å². The first-order valence-electron chi connectivity index (χ1n) is 7.36. The summed E-state index contributed by atoms with van der Waals surface area (Å²) in [5.41, 5.74) is 4.08. The molecule has 0 aromatic heterocycles. The standard InChI is InChI=1S/C17H25NO/c1-13-7-8-16(10-14(13)2)12-18-9-5-4-6-17(18)11-15(3)19/h7-8,10,17H,4-6,9,11-12H2,1-3H3. The molecule has 2 rings (SSSR count). The maximum Gasteiger partial charge on any atom is 0.131 e. The average Bonchev–Trinajstić information content (AvgIpc) is 2.36. The van der Waals surface area contributed by atoms with Crippen LogP contribution in [0.5, 0.6) is 0 Å². The SMILES string of the molecule is CC(=O)CC1CCCCN1Cc1ccc(C)c(C)c1. The quantitative estimate of drug-likeness (QED) is 0.823. The molecule has 1 atom stereocenters. The number of ketones is 1. The van der Waals surface area contributed by atoms with Gasteiger partial charge in [-0.05, 0) is 56.8 Å². The second-order valence-electron chi connectivity index (χ2n) is 5.94. The minimum absolute atomic E-state index is 0.317. The number of likely N-dealkylation sites (tertiary alicyclic amines) is 1. The molecule has 1 aliphatic rings. The number of Topliss-reactive ketones (excluding diaryl/α,β-unsaturated/α-hetero) is 1. The van der Waals surface area contributed by atoms with Crippen LogP contribution in [0.4, 0.5) is 0 Å². The number of piperidine rings is 1. The van der Waals surface area contributed by atoms with Crippen molar-refractivity contribution < 1.29 is 4.79 Å². The van der Waals surface area contributed by atoms with Gasteiger partial charge >= 0.3 is 0 Å². The highest BCUT2D eigenvalue weighted by Gasteiger charge is 2.23. The molecule has 1 unspecified atom stereocenters. The number of nitrogens with zero attached hydrogens (tertiary/aromatic N) is 1. The zero-order chi connectivity index (χ0) is 13.8. The van der Waals surface area contributed by atoms with E-state index in [0.717, 1.165) is 13.1 Å². The fraction of sp³-hybridized carbons (Fsp3) is 0.588. The molecule has 0 N–H and O–H groups in total. The number of benzene rings is 1. The number of hydrogen-bond donors (Lipinski definition) is 0. The summed E-state index contributed by atoms with van der Waals surface area (Å²) in [6, 6.07) is 7.17. The summed E-state index contributed by atoms with van der Waals surface area (Å²) in [5.74, 6) is 0.317. The van der Waals surface area contributed by atoms with Gasteiger partial charge in [-0.3, -0.25) is 9.69 Å². The first-order chi connectivity index (χ1) is 9.06. The Morgan fingerprint density at radius 3 is 2.74 bits per heavy atom. The van der Waals surface area contributed by atoms with Crippen molar-refractivity contribution >= 4 is 5.78 Å². The fourth-order valence-corrected chi connectivity index (χ4v) is 2.97. The molecule has 1 aromatic carbocycles. The van der Waals surface area contributed by atoms with Gasteiger partial charge in [-0.1, -0.05) is 24.6 Å². The van der Waals surface area contributed by atoms with Crippen molar-refractivity contribution in [3.8, 4) is 0 Å². The Kier molecular flexibility index (Phi) is 4.76. The van der Waals surface area contributed by atoms with Crippen molar-refractivity contribution in [1.29, 1.82) is 0 Å². The van der Waals surface area contributed by atoms with E-state index in [-0.39, 0.29) is 0 Å². The van der Waals surface area contributed by atoms with E-state index in [4.69, 9.17) is 0 Å². The minimum Gasteiger partial charge on any atom is -0.300 e. The van der Waals surface area contributed by atoms with Crippen LogP contribution in [0, 0.1) is 13.8 Å². The number of rotatable bonds is 4. The summed E-state index contributed by atoms with van der Waals surface area (Å²) >= 11 is 0. The normalized spacial score (nSPS) is 20.5. The van der Waals surface area contributed by atoms with Gasteiger partial charge in [-0.25, -0.2) is 0 Å². The van der Waals surface area contributed by atoms with E-state index in [2.05, 4.69) is 36.9 Å². The van der Waals surface area contributed by atoms with Crippen molar-refractivity contribution in [2.45, 2.75) is 59.0 Å². The van der Waals surface area contributed by atoms with E-state index in [0.29, 0.717) is 18.2 Å². The van der Waals surface area contributed by atoms with Crippen molar-refractivity contribution in [1.82, 2.24) is 4.90 Å². The smallest absolute Gasteiger partial charge is 0.131 e. The molecule has 1 fully saturated rings. The van der Waals surface area contributed by atoms with Crippen LogP contribution in [-0.4, -0.2) is 23.3 Å². The highest BCUT2D eigenvalue weighted by atomic mass is 16.1. The lowest BCUT2D eigenvalue weighted by Crippen LogP contribution is -2.40. The summed E-state index contributed by atoms with van der Waals surface area (Å²) < 4.78 is 0. The molecular weight excluding hydrogens is 234 g/mol. The molecule has 0 saturated carbocycles. The van der Waals surface area contributed by atoms with Gasteiger partial charge in [0, 0.05) is 19.0 Å². The van der Waals surface area contributed by atoms with Gasteiger partial charge in [0.1, 0.15) is 5.78 Å². The van der Waals surface area contributed by atoms with Gasteiger partial charge in [0.05, 0.1) is 0 Å². The lowest BCUT2D eigenvalue weighted by Gasteiger charge is -2.35. The van der Waals surface area contributed by atoms with Gasteiger partial charge in [0.2, 0.25) is 0 Å². The van der Waals surface area contributed by atoms with Crippen LogP contribution in [0.3, 0.4) is 0 Å². The van der Waals surface area contributed by atoms with Gasteiger partial charge in [0.25, 0.3) is 0 Å². The van der Waals surface area contributed by atoms with E-state index in [1.165, 1.54) is 36.0 Å². The predicted octanol–water partition coefficient (Wildman–Crippen LogP) is 3.64. The van der Waals surface area contributed by atoms with Gasteiger partial charge in [-0.2, -0.15) is 0 Å². The third kappa shape index (κ3) is 3.90. The second-order valence-corrected chi connectivity index (χ2v) is 5.94. The largest absolute Gasteiger partial charge is 0.300 e. The molecule has 0 spiro atoms.